The third-order valence-electron chi connectivity index (χ3n) is 4.36. The highest BCUT2D eigenvalue weighted by atomic mass is 35.5. The summed E-state index contributed by atoms with van der Waals surface area (Å²) >= 11 is 7.66. The van der Waals surface area contributed by atoms with Gasteiger partial charge in [0.2, 0.25) is 5.91 Å². The molecule has 4 nitrogen and oxygen atoms in total. The molecule has 0 aliphatic carbocycles. The Morgan fingerprint density at radius 3 is 2.58 bits per heavy atom. The summed E-state index contributed by atoms with van der Waals surface area (Å²) in [6, 6.07) is 7.64. The molecule has 0 bridgehead atoms. The summed E-state index contributed by atoms with van der Waals surface area (Å²) in [7, 11) is 0. The van der Waals surface area contributed by atoms with E-state index >= 15 is 0 Å². The van der Waals surface area contributed by atoms with Gasteiger partial charge in [0.15, 0.2) is 0 Å². The molecule has 24 heavy (non-hydrogen) atoms. The average molecular weight is 365 g/mol. The number of nitrogens with one attached hydrogen (secondary N) is 1. The number of piperidine rings is 1. The second kappa shape index (κ2) is 7.11. The van der Waals surface area contributed by atoms with Crippen molar-refractivity contribution in [3.8, 4) is 0 Å². The standard InChI is InChI=1S/C18H21ClN2O2S/c1-11-7-12(2)10-21(9-11)15(22)8-20-18(23)17-16(19)13-5-3-4-6-14(13)24-17/h3-6,11-12H,7-10H2,1-2H3,(H,20,23)/t11-,12-/m1/s1. The van der Waals surface area contributed by atoms with Gasteiger partial charge in [-0.2, -0.15) is 0 Å². The Labute approximate surface area is 150 Å². The van der Waals surface area contributed by atoms with E-state index in [2.05, 4.69) is 19.2 Å². The van der Waals surface area contributed by atoms with Gasteiger partial charge in [-0.25, -0.2) is 0 Å². The maximum Gasteiger partial charge on any atom is 0.263 e. The Bertz CT molecular complexity index is 763. The zero-order valence-electron chi connectivity index (χ0n) is 13.8. The molecule has 2 amide bonds. The van der Waals surface area contributed by atoms with Gasteiger partial charge < -0.3 is 10.2 Å². The molecule has 0 radical (unpaired) electrons. The van der Waals surface area contributed by atoms with Crippen LogP contribution in [0.4, 0.5) is 0 Å². The molecule has 1 aliphatic heterocycles. The smallest absolute Gasteiger partial charge is 0.263 e. The normalized spacial score (nSPS) is 21.0. The minimum absolute atomic E-state index is 0.0167. The van der Waals surface area contributed by atoms with Gasteiger partial charge >= 0.3 is 0 Å². The van der Waals surface area contributed by atoms with Crippen molar-refractivity contribution < 1.29 is 9.59 Å². The first kappa shape index (κ1) is 17.2. The molecule has 0 unspecified atom stereocenters. The molecule has 1 aromatic carbocycles. The van der Waals surface area contributed by atoms with E-state index in [1.54, 1.807) is 0 Å². The molecule has 128 valence electrons. The van der Waals surface area contributed by atoms with Gasteiger partial charge in [0.25, 0.3) is 5.91 Å². The minimum atomic E-state index is -0.285. The molecule has 1 saturated heterocycles. The van der Waals surface area contributed by atoms with Crippen molar-refractivity contribution in [3.05, 3.63) is 34.2 Å². The summed E-state index contributed by atoms with van der Waals surface area (Å²) in [5, 5.41) is 4.06. The number of benzene rings is 1. The number of rotatable bonds is 3. The van der Waals surface area contributed by atoms with Crippen molar-refractivity contribution in [1.82, 2.24) is 10.2 Å². The Morgan fingerprint density at radius 1 is 1.25 bits per heavy atom. The highest BCUT2D eigenvalue weighted by molar-refractivity contribution is 7.21. The lowest BCUT2D eigenvalue weighted by Crippen LogP contribution is -2.46. The Kier molecular flexibility index (Phi) is 5.11. The Hall–Kier alpha value is -1.59. The molecular formula is C18H21ClN2O2S. The molecule has 1 aliphatic rings. The quantitative estimate of drug-likeness (QED) is 0.900. The number of fused-ring (bicyclic) bond motifs is 1. The predicted molar refractivity (Wildman–Crippen MR) is 98.7 cm³/mol. The summed E-state index contributed by atoms with van der Waals surface area (Å²) < 4.78 is 0.970. The van der Waals surface area contributed by atoms with Crippen LogP contribution in [0.5, 0.6) is 0 Å². The SMILES string of the molecule is C[C@@H]1C[C@@H](C)CN(C(=O)CNC(=O)c2sc3ccccc3c2Cl)C1. The van der Waals surface area contributed by atoms with E-state index in [1.165, 1.54) is 11.3 Å². The first-order chi connectivity index (χ1) is 11.5. The van der Waals surface area contributed by atoms with Gasteiger partial charge in [-0.1, -0.05) is 43.6 Å². The maximum atomic E-state index is 12.4. The fourth-order valence-corrected chi connectivity index (χ4v) is 4.81. The molecular weight excluding hydrogens is 344 g/mol. The summed E-state index contributed by atoms with van der Waals surface area (Å²) in [6.45, 7) is 5.87. The molecule has 1 N–H and O–H groups in total. The second-order valence-electron chi connectivity index (χ2n) is 6.67. The topological polar surface area (TPSA) is 49.4 Å². The van der Waals surface area contributed by atoms with Crippen molar-refractivity contribution in [2.24, 2.45) is 11.8 Å². The molecule has 3 rings (SSSR count). The fourth-order valence-electron chi connectivity index (χ4n) is 3.37. The molecule has 2 heterocycles. The van der Waals surface area contributed by atoms with E-state index in [0.29, 0.717) is 21.7 Å². The van der Waals surface area contributed by atoms with E-state index in [0.717, 1.165) is 29.6 Å². The van der Waals surface area contributed by atoms with E-state index in [1.807, 2.05) is 29.2 Å². The van der Waals surface area contributed by atoms with Crippen LogP contribution in [0.3, 0.4) is 0 Å². The molecule has 1 aromatic heterocycles. The molecule has 0 spiro atoms. The lowest BCUT2D eigenvalue weighted by Gasteiger charge is -2.35. The molecule has 6 heteroatoms. The van der Waals surface area contributed by atoms with Crippen LogP contribution < -0.4 is 5.32 Å². The first-order valence-electron chi connectivity index (χ1n) is 8.18. The summed E-state index contributed by atoms with van der Waals surface area (Å²) in [5.41, 5.74) is 0. The van der Waals surface area contributed by atoms with Gasteiger partial charge in [0.05, 0.1) is 11.6 Å². The van der Waals surface area contributed by atoms with Crippen LogP contribution in [-0.4, -0.2) is 36.3 Å². The zero-order valence-corrected chi connectivity index (χ0v) is 15.4. The first-order valence-corrected chi connectivity index (χ1v) is 9.38. The maximum absolute atomic E-state index is 12.4. The molecule has 1 fully saturated rings. The third-order valence-corrected chi connectivity index (χ3v) is 6.04. The lowest BCUT2D eigenvalue weighted by atomic mass is 9.92. The highest BCUT2D eigenvalue weighted by Gasteiger charge is 2.26. The van der Waals surface area contributed by atoms with E-state index in [9.17, 15) is 9.59 Å². The van der Waals surface area contributed by atoms with Crippen LogP contribution in [-0.2, 0) is 4.79 Å². The number of likely N-dealkylation sites (tertiary alicyclic amines) is 1. The zero-order chi connectivity index (χ0) is 17.3. The fraction of sp³-hybridized carbons (Fsp3) is 0.444. The van der Waals surface area contributed by atoms with Crippen molar-refractivity contribution in [1.29, 1.82) is 0 Å². The van der Waals surface area contributed by atoms with E-state index in [4.69, 9.17) is 11.6 Å². The Balaban J connectivity index is 1.64. The summed E-state index contributed by atoms with van der Waals surface area (Å²) in [5.74, 6) is 0.697. The van der Waals surface area contributed by atoms with Crippen molar-refractivity contribution >= 4 is 44.8 Å². The minimum Gasteiger partial charge on any atom is -0.342 e. The summed E-state index contributed by atoms with van der Waals surface area (Å²) in [4.78, 5) is 27.1. The van der Waals surface area contributed by atoms with Crippen molar-refractivity contribution in [2.45, 2.75) is 20.3 Å². The highest BCUT2D eigenvalue weighted by Crippen LogP contribution is 2.34. The number of thiophene rings is 1. The third kappa shape index (κ3) is 3.57. The largest absolute Gasteiger partial charge is 0.342 e. The predicted octanol–water partition coefficient (Wildman–Crippen LogP) is 3.79. The Morgan fingerprint density at radius 2 is 1.92 bits per heavy atom. The van der Waals surface area contributed by atoms with Gasteiger partial charge in [0, 0.05) is 23.2 Å². The van der Waals surface area contributed by atoms with Crippen LogP contribution >= 0.6 is 22.9 Å². The monoisotopic (exact) mass is 364 g/mol. The van der Waals surface area contributed by atoms with Crippen LogP contribution in [0.1, 0.15) is 29.9 Å². The number of halogens is 1. The van der Waals surface area contributed by atoms with Gasteiger partial charge in [-0.3, -0.25) is 9.59 Å². The van der Waals surface area contributed by atoms with Crippen LogP contribution in [0.15, 0.2) is 24.3 Å². The van der Waals surface area contributed by atoms with E-state index < -0.39 is 0 Å². The van der Waals surface area contributed by atoms with Crippen LogP contribution in [0, 0.1) is 11.8 Å². The van der Waals surface area contributed by atoms with E-state index in [-0.39, 0.29) is 18.4 Å². The summed E-state index contributed by atoms with van der Waals surface area (Å²) in [6.07, 6.45) is 1.15. The molecule has 2 atom stereocenters. The molecule has 2 aromatic rings. The average Bonchev–Trinajstić information content (AvgIpc) is 2.89. The van der Waals surface area contributed by atoms with Gasteiger partial charge in [-0.15, -0.1) is 11.3 Å². The number of carbonyl (C=O) groups excluding carboxylic acids is 2. The molecule has 0 saturated carbocycles. The number of hydrogen-bond donors (Lipinski definition) is 1. The number of nitrogens with zero attached hydrogens (tertiary/aromatic N) is 1. The number of carbonyl (C=O) groups is 2. The number of hydrogen-bond acceptors (Lipinski definition) is 3. The van der Waals surface area contributed by atoms with Crippen LogP contribution in [0.2, 0.25) is 5.02 Å². The van der Waals surface area contributed by atoms with Crippen molar-refractivity contribution in [2.75, 3.05) is 19.6 Å². The number of amides is 2. The second-order valence-corrected chi connectivity index (χ2v) is 8.10. The van der Waals surface area contributed by atoms with Crippen molar-refractivity contribution in [3.63, 3.8) is 0 Å². The lowest BCUT2D eigenvalue weighted by molar-refractivity contribution is -0.132. The van der Waals surface area contributed by atoms with Crippen LogP contribution in [0.25, 0.3) is 10.1 Å². The van der Waals surface area contributed by atoms with Gasteiger partial charge in [0.1, 0.15) is 4.88 Å². The van der Waals surface area contributed by atoms with Gasteiger partial charge in [-0.05, 0) is 24.3 Å².